The van der Waals surface area contributed by atoms with Crippen LogP contribution in [0.15, 0.2) is 4.60 Å². The minimum atomic E-state index is -0.501. The van der Waals surface area contributed by atoms with Gasteiger partial charge in [0.15, 0.2) is 0 Å². The van der Waals surface area contributed by atoms with Crippen molar-refractivity contribution < 1.29 is 9.53 Å². The molecule has 1 unspecified atom stereocenters. The van der Waals surface area contributed by atoms with Gasteiger partial charge in [0.1, 0.15) is 10.2 Å². The topological polar surface area (TPSA) is 47.4 Å². The van der Waals surface area contributed by atoms with Crippen molar-refractivity contribution in [1.82, 2.24) is 14.7 Å². The van der Waals surface area contributed by atoms with E-state index in [9.17, 15) is 4.79 Å². The minimum absolute atomic E-state index is 0.0187. The Morgan fingerprint density at radius 1 is 1.53 bits per heavy atom. The molecule has 1 aliphatic heterocycles. The summed E-state index contributed by atoms with van der Waals surface area (Å²) in [5, 5.41) is 4.85. The number of halogens is 2. The Morgan fingerprint density at radius 3 is 2.74 bits per heavy atom. The lowest BCUT2D eigenvalue weighted by Crippen LogP contribution is -2.47. The molecule has 1 aromatic heterocycles. The molecule has 0 saturated carbocycles. The van der Waals surface area contributed by atoms with Crippen LogP contribution in [0.3, 0.4) is 0 Å². The number of ether oxygens (including phenoxy) is 1. The van der Waals surface area contributed by atoms with Crippen LogP contribution in [-0.4, -0.2) is 32.4 Å². The Bertz CT molecular complexity index is 510. The molecule has 0 aromatic carbocycles. The molecule has 0 radical (unpaired) electrons. The van der Waals surface area contributed by atoms with Gasteiger partial charge in [-0.3, -0.25) is 9.58 Å². The molecule has 5 nitrogen and oxygen atoms in total. The molecule has 7 heteroatoms. The van der Waals surface area contributed by atoms with E-state index in [4.69, 9.17) is 16.3 Å². The van der Waals surface area contributed by atoms with Crippen LogP contribution < -0.4 is 0 Å². The Morgan fingerprint density at radius 2 is 2.16 bits per heavy atom. The molecule has 1 aliphatic rings. The zero-order valence-electron chi connectivity index (χ0n) is 11.4. The summed E-state index contributed by atoms with van der Waals surface area (Å²) in [5.41, 5.74) is 0.330. The number of carbonyl (C=O) groups is 1. The SMILES string of the molecule is CC1Cn2nc(Br)c(Cl)c2CN1C(=O)OC(C)(C)C. The van der Waals surface area contributed by atoms with Gasteiger partial charge in [0.25, 0.3) is 0 Å². The first-order valence-corrected chi connectivity index (χ1v) is 7.26. The van der Waals surface area contributed by atoms with E-state index in [0.29, 0.717) is 22.7 Å². The summed E-state index contributed by atoms with van der Waals surface area (Å²) in [6.45, 7) is 8.55. The first-order valence-electron chi connectivity index (χ1n) is 6.09. The average Bonchev–Trinajstić information content (AvgIpc) is 2.50. The lowest BCUT2D eigenvalue weighted by molar-refractivity contribution is 0.00908. The largest absolute Gasteiger partial charge is 0.444 e. The maximum atomic E-state index is 12.2. The first-order chi connectivity index (χ1) is 8.69. The highest BCUT2D eigenvalue weighted by molar-refractivity contribution is 9.10. The van der Waals surface area contributed by atoms with Crippen LogP contribution >= 0.6 is 27.5 Å². The molecular formula is C12H17BrClN3O2. The van der Waals surface area contributed by atoms with Crippen molar-refractivity contribution in [1.29, 1.82) is 0 Å². The summed E-state index contributed by atoms with van der Waals surface area (Å²) in [6.07, 6.45) is -0.320. The number of amides is 1. The van der Waals surface area contributed by atoms with Gasteiger partial charge in [0.05, 0.1) is 29.8 Å². The first kappa shape index (κ1) is 14.7. The molecule has 0 N–H and O–H groups in total. The van der Waals surface area contributed by atoms with E-state index in [1.165, 1.54) is 0 Å². The van der Waals surface area contributed by atoms with Gasteiger partial charge in [-0.1, -0.05) is 11.6 Å². The van der Waals surface area contributed by atoms with E-state index < -0.39 is 5.60 Å². The molecule has 1 aromatic rings. The summed E-state index contributed by atoms with van der Waals surface area (Å²) in [4.78, 5) is 13.9. The molecule has 19 heavy (non-hydrogen) atoms. The zero-order chi connectivity index (χ0) is 14.4. The van der Waals surface area contributed by atoms with Crippen molar-refractivity contribution >= 4 is 33.6 Å². The van der Waals surface area contributed by atoms with Gasteiger partial charge < -0.3 is 4.74 Å². The highest BCUT2D eigenvalue weighted by atomic mass is 79.9. The van der Waals surface area contributed by atoms with Gasteiger partial charge in [-0.15, -0.1) is 0 Å². The zero-order valence-corrected chi connectivity index (χ0v) is 13.7. The van der Waals surface area contributed by atoms with E-state index in [0.717, 1.165) is 5.69 Å². The highest BCUT2D eigenvalue weighted by Crippen LogP contribution is 2.30. The van der Waals surface area contributed by atoms with Gasteiger partial charge in [-0.2, -0.15) is 5.10 Å². The van der Waals surface area contributed by atoms with E-state index in [2.05, 4.69) is 21.0 Å². The van der Waals surface area contributed by atoms with E-state index >= 15 is 0 Å². The number of hydrogen-bond acceptors (Lipinski definition) is 3. The number of rotatable bonds is 0. The fourth-order valence-electron chi connectivity index (χ4n) is 1.98. The van der Waals surface area contributed by atoms with Crippen molar-refractivity contribution in [3.63, 3.8) is 0 Å². The van der Waals surface area contributed by atoms with Crippen LogP contribution in [0.2, 0.25) is 5.02 Å². The Labute approximate surface area is 126 Å². The average molecular weight is 351 g/mol. The molecule has 0 saturated heterocycles. The quantitative estimate of drug-likeness (QED) is 0.720. The standard InChI is InChI=1S/C12H17BrClN3O2/c1-7-5-17-8(9(14)10(13)15-17)6-16(7)11(18)19-12(2,3)4/h7H,5-6H2,1-4H3. The fourth-order valence-corrected chi connectivity index (χ4v) is 2.59. The third-order valence-corrected chi connectivity index (χ3v) is 4.05. The monoisotopic (exact) mass is 349 g/mol. The maximum Gasteiger partial charge on any atom is 0.410 e. The minimum Gasteiger partial charge on any atom is -0.444 e. The Kier molecular flexibility index (Phi) is 3.84. The number of aromatic nitrogens is 2. The van der Waals surface area contributed by atoms with Gasteiger partial charge in [-0.05, 0) is 43.6 Å². The van der Waals surface area contributed by atoms with Crippen LogP contribution in [0, 0.1) is 0 Å². The summed E-state index contributed by atoms with van der Waals surface area (Å²) in [7, 11) is 0. The van der Waals surface area contributed by atoms with Crippen LogP contribution in [0.4, 0.5) is 4.79 Å². The molecular weight excluding hydrogens is 334 g/mol. The van der Waals surface area contributed by atoms with Crippen molar-refractivity contribution in [2.75, 3.05) is 0 Å². The van der Waals surface area contributed by atoms with E-state index in [1.807, 2.05) is 32.4 Å². The van der Waals surface area contributed by atoms with E-state index in [-0.39, 0.29) is 12.1 Å². The predicted octanol–water partition coefficient (Wildman–Crippen LogP) is 3.44. The van der Waals surface area contributed by atoms with Crippen molar-refractivity contribution in [2.45, 2.75) is 52.4 Å². The number of nitrogens with zero attached hydrogens (tertiary/aromatic N) is 3. The molecule has 0 fully saturated rings. The molecule has 1 amide bonds. The van der Waals surface area contributed by atoms with Crippen LogP contribution in [0.25, 0.3) is 0 Å². The maximum absolute atomic E-state index is 12.2. The van der Waals surface area contributed by atoms with Crippen LogP contribution in [0.5, 0.6) is 0 Å². The number of carbonyl (C=O) groups excluding carboxylic acids is 1. The van der Waals surface area contributed by atoms with Crippen molar-refractivity contribution in [3.8, 4) is 0 Å². The van der Waals surface area contributed by atoms with E-state index in [1.54, 1.807) is 4.90 Å². The highest BCUT2D eigenvalue weighted by Gasteiger charge is 2.32. The van der Waals surface area contributed by atoms with Gasteiger partial charge in [0.2, 0.25) is 0 Å². The fraction of sp³-hybridized carbons (Fsp3) is 0.667. The van der Waals surface area contributed by atoms with Crippen molar-refractivity contribution in [2.24, 2.45) is 0 Å². The summed E-state index contributed by atoms with van der Waals surface area (Å²) in [6, 6.07) is 0.0187. The second-order valence-electron chi connectivity index (χ2n) is 5.69. The van der Waals surface area contributed by atoms with Crippen LogP contribution in [0.1, 0.15) is 33.4 Å². The van der Waals surface area contributed by atoms with Gasteiger partial charge in [-0.25, -0.2) is 4.79 Å². The summed E-state index contributed by atoms with van der Waals surface area (Å²) >= 11 is 9.47. The normalized spacial score (nSPS) is 19.3. The molecule has 2 rings (SSSR count). The molecule has 1 atom stereocenters. The third kappa shape index (κ3) is 3.05. The number of fused-ring (bicyclic) bond motifs is 1. The second kappa shape index (κ2) is 4.98. The Balaban J connectivity index is 2.21. The smallest absolute Gasteiger partial charge is 0.410 e. The second-order valence-corrected chi connectivity index (χ2v) is 6.82. The van der Waals surface area contributed by atoms with Gasteiger partial charge >= 0.3 is 6.09 Å². The molecule has 2 heterocycles. The Hall–Kier alpha value is -0.750. The van der Waals surface area contributed by atoms with Crippen LogP contribution in [-0.2, 0) is 17.8 Å². The lowest BCUT2D eigenvalue weighted by atomic mass is 10.2. The molecule has 0 spiro atoms. The molecule has 106 valence electrons. The summed E-state index contributed by atoms with van der Waals surface area (Å²) < 4.78 is 7.86. The van der Waals surface area contributed by atoms with Crippen molar-refractivity contribution in [3.05, 3.63) is 15.3 Å². The predicted molar refractivity (Wildman–Crippen MR) is 76.2 cm³/mol. The number of hydrogen-bond donors (Lipinski definition) is 0. The molecule has 0 aliphatic carbocycles. The summed E-state index contributed by atoms with van der Waals surface area (Å²) in [5.74, 6) is 0. The lowest BCUT2D eigenvalue weighted by Gasteiger charge is -2.35. The third-order valence-electron chi connectivity index (χ3n) is 2.87. The molecule has 0 bridgehead atoms. The van der Waals surface area contributed by atoms with Gasteiger partial charge in [0, 0.05) is 0 Å².